The topological polar surface area (TPSA) is 24.9 Å². The van der Waals surface area contributed by atoms with E-state index in [9.17, 15) is 0 Å². The number of fused-ring (bicyclic) bond motifs is 1. The van der Waals surface area contributed by atoms with Crippen LogP contribution in [0.4, 0.5) is 0 Å². The molecule has 27 heavy (non-hydrogen) atoms. The van der Waals surface area contributed by atoms with Crippen LogP contribution >= 0.6 is 0 Å². The van der Waals surface area contributed by atoms with E-state index in [2.05, 4.69) is 74.0 Å². The maximum atomic E-state index is 4.43. The summed E-state index contributed by atoms with van der Waals surface area (Å²) < 4.78 is 0. The molecular weight excluding hydrogens is 328 g/mol. The van der Waals surface area contributed by atoms with Crippen molar-refractivity contribution in [3.8, 4) is 0 Å². The Balaban J connectivity index is 1.39. The van der Waals surface area contributed by atoms with Gasteiger partial charge in [0, 0.05) is 30.1 Å². The molecule has 0 bridgehead atoms. The molecule has 0 amide bonds. The van der Waals surface area contributed by atoms with Crippen LogP contribution < -0.4 is 5.32 Å². The zero-order chi connectivity index (χ0) is 19.1. The first-order valence-electron chi connectivity index (χ1n) is 10.3. The van der Waals surface area contributed by atoms with Gasteiger partial charge in [-0.1, -0.05) is 50.3 Å². The molecule has 2 heteroatoms. The fourth-order valence-corrected chi connectivity index (χ4v) is 5.65. The van der Waals surface area contributed by atoms with E-state index in [1.165, 1.54) is 48.1 Å². The van der Waals surface area contributed by atoms with Gasteiger partial charge in [0.15, 0.2) is 0 Å². The van der Waals surface area contributed by atoms with Crippen molar-refractivity contribution in [2.75, 3.05) is 0 Å². The van der Waals surface area contributed by atoms with Gasteiger partial charge in [0.2, 0.25) is 0 Å². The summed E-state index contributed by atoms with van der Waals surface area (Å²) in [5.74, 6) is 1.64. The molecule has 142 valence electrons. The highest BCUT2D eigenvalue weighted by Crippen LogP contribution is 2.60. The van der Waals surface area contributed by atoms with Crippen LogP contribution in [0.3, 0.4) is 0 Å². The Kier molecular flexibility index (Phi) is 4.61. The Morgan fingerprint density at radius 1 is 1.00 bits per heavy atom. The van der Waals surface area contributed by atoms with Crippen LogP contribution in [0.1, 0.15) is 56.2 Å². The van der Waals surface area contributed by atoms with E-state index in [1.807, 2.05) is 12.4 Å². The highest BCUT2D eigenvalue weighted by Gasteiger charge is 2.52. The minimum atomic E-state index is 0.219. The van der Waals surface area contributed by atoms with Gasteiger partial charge in [-0.3, -0.25) is 4.98 Å². The number of aromatic nitrogens is 1. The number of benzene rings is 1. The Bertz CT molecular complexity index is 792. The summed E-state index contributed by atoms with van der Waals surface area (Å²) in [4.78, 5) is 4.10. The molecule has 2 fully saturated rings. The lowest BCUT2D eigenvalue weighted by Crippen LogP contribution is -2.28. The van der Waals surface area contributed by atoms with Crippen molar-refractivity contribution in [2.45, 2.75) is 58.4 Å². The Labute approximate surface area is 164 Å². The SMILES string of the molecule is C=C(NCc1ccncc1)C1(C)CC2CC(C)(c3ccc(C)cc3)CC2C1. The summed E-state index contributed by atoms with van der Waals surface area (Å²) in [6.45, 7) is 12.3. The molecule has 2 atom stereocenters. The summed E-state index contributed by atoms with van der Waals surface area (Å²) in [5, 5.41) is 3.61. The molecule has 0 radical (unpaired) electrons. The second-order valence-electron chi connectivity index (χ2n) is 9.51. The van der Waals surface area contributed by atoms with Crippen molar-refractivity contribution in [3.63, 3.8) is 0 Å². The first-order chi connectivity index (χ1) is 12.9. The van der Waals surface area contributed by atoms with E-state index >= 15 is 0 Å². The lowest BCUT2D eigenvalue weighted by Gasteiger charge is -2.32. The van der Waals surface area contributed by atoms with Crippen molar-refractivity contribution < 1.29 is 0 Å². The van der Waals surface area contributed by atoms with Crippen molar-refractivity contribution >= 4 is 0 Å². The maximum Gasteiger partial charge on any atom is 0.0398 e. The highest BCUT2D eigenvalue weighted by atomic mass is 14.9. The van der Waals surface area contributed by atoms with Gasteiger partial charge in [-0.05, 0) is 73.1 Å². The number of hydrogen-bond donors (Lipinski definition) is 1. The minimum absolute atomic E-state index is 0.219. The Morgan fingerprint density at radius 2 is 1.59 bits per heavy atom. The normalized spacial score (nSPS) is 32.3. The quantitative estimate of drug-likeness (QED) is 0.731. The molecule has 1 aromatic heterocycles. The molecule has 2 aliphatic rings. The van der Waals surface area contributed by atoms with E-state index in [-0.39, 0.29) is 5.41 Å². The molecule has 0 aliphatic heterocycles. The molecule has 2 nitrogen and oxygen atoms in total. The van der Waals surface area contributed by atoms with Gasteiger partial charge in [-0.2, -0.15) is 0 Å². The van der Waals surface area contributed by atoms with Gasteiger partial charge in [-0.15, -0.1) is 0 Å². The van der Waals surface area contributed by atoms with E-state index in [0.29, 0.717) is 5.41 Å². The molecule has 2 aliphatic carbocycles. The predicted molar refractivity (Wildman–Crippen MR) is 112 cm³/mol. The number of nitrogens with zero attached hydrogens (tertiary/aromatic N) is 1. The molecule has 4 rings (SSSR count). The zero-order valence-corrected chi connectivity index (χ0v) is 17.0. The molecule has 1 heterocycles. The summed E-state index contributed by atoms with van der Waals surface area (Å²) in [5.41, 5.74) is 5.92. The first kappa shape index (κ1) is 18.3. The maximum absolute atomic E-state index is 4.43. The molecular formula is C25H32N2. The lowest BCUT2D eigenvalue weighted by molar-refractivity contribution is 0.319. The largest absolute Gasteiger partial charge is 0.384 e. The van der Waals surface area contributed by atoms with Crippen molar-refractivity contribution in [2.24, 2.45) is 17.3 Å². The first-order valence-corrected chi connectivity index (χ1v) is 10.3. The highest BCUT2D eigenvalue weighted by molar-refractivity contribution is 5.31. The van der Waals surface area contributed by atoms with Gasteiger partial charge in [0.1, 0.15) is 0 Å². The van der Waals surface area contributed by atoms with Crippen LogP contribution in [-0.4, -0.2) is 4.98 Å². The fourth-order valence-electron chi connectivity index (χ4n) is 5.65. The number of nitrogens with one attached hydrogen (secondary N) is 1. The minimum Gasteiger partial charge on any atom is -0.384 e. The number of rotatable bonds is 5. The number of aryl methyl sites for hydroxylation is 1. The van der Waals surface area contributed by atoms with E-state index < -0.39 is 0 Å². The van der Waals surface area contributed by atoms with E-state index in [4.69, 9.17) is 0 Å². The van der Waals surface area contributed by atoms with Crippen molar-refractivity contribution in [1.82, 2.24) is 10.3 Å². The summed E-state index contributed by atoms with van der Waals surface area (Å²) >= 11 is 0. The average Bonchev–Trinajstić information content (AvgIpc) is 3.12. The van der Waals surface area contributed by atoms with Crippen LogP contribution in [0, 0.1) is 24.2 Å². The second kappa shape index (κ2) is 6.82. The fraction of sp³-hybridized carbons (Fsp3) is 0.480. The number of allylic oxidation sites excluding steroid dienone is 1. The van der Waals surface area contributed by atoms with Crippen molar-refractivity contribution in [1.29, 1.82) is 0 Å². The molecule has 0 saturated heterocycles. The third-order valence-electron chi connectivity index (χ3n) is 7.25. The molecule has 2 saturated carbocycles. The third-order valence-corrected chi connectivity index (χ3v) is 7.25. The van der Waals surface area contributed by atoms with Crippen LogP contribution in [0.5, 0.6) is 0 Å². The average molecular weight is 361 g/mol. The van der Waals surface area contributed by atoms with Gasteiger partial charge >= 0.3 is 0 Å². The monoisotopic (exact) mass is 360 g/mol. The predicted octanol–water partition coefficient (Wildman–Crippen LogP) is 5.78. The number of pyridine rings is 1. The van der Waals surface area contributed by atoms with Gasteiger partial charge in [0.05, 0.1) is 0 Å². The van der Waals surface area contributed by atoms with E-state index in [0.717, 1.165) is 18.4 Å². The molecule has 0 spiro atoms. The molecule has 2 unspecified atom stereocenters. The van der Waals surface area contributed by atoms with Gasteiger partial charge in [0.25, 0.3) is 0 Å². The van der Waals surface area contributed by atoms with E-state index in [1.54, 1.807) is 0 Å². The smallest absolute Gasteiger partial charge is 0.0398 e. The lowest BCUT2D eigenvalue weighted by atomic mass is 9.75. The molecule has 1 aromatic carbocycles. The standard InChI is InChI=1S/C25H32N2/c1-18-5-7-23(8-6-18)25(4)15-21-13-24(3,14-22(21)16-25)19(2)27-17-20-9-11-26-12-10-20/h5-12,21-22,27H,2,13-17H2,1,3-4H3. The Hall–Kier alpha value is -2.09. The summed E-state index contributed by atoms with van der Waals surface area (Å²) in [6.07, 6.45) is 8.87. The van der Waals surface area contributed by atoms with Crippen LogP contribution in [0.2, 0.25) is 0 Å². The summed E-state index contributed by atoms with van der Waals surface area (Å²) in [7, 11) is 0. The van der Waals surface area contributed by atoms with Gasteiger partial charge < -0.3 is 5.32 Å². The molecule has 1 N–H and O–H groups in total. The zero-order valence-electron chi connectivity index (χ0n) is 17.0. The second-order valence-corrected chi connectivity index (χ2v) is 9.51. The third kappa shape index (κ3) is 3.54. The molecule has 2 aromatic rings. The Morgan fingerprint density at radius 3 is 2.19 bits per heavy atom. The van der Waals surface area contributed by atoms with Crippen LogP contribution in [-0.2, 0) is 12.0 Å². The van der Waals surface area contributed by atoms with Crippen LogP contribution in [0.25, 0.3) is 0 Å². The number of hydrogen-bond acceptors (Lipinski definition) is 2. The van der Waals surface area contributed by atoms with Crippen LogP contribution in [0.15, 0.2) is 61.1 Å². The summed E-state index contributed by atoms with van der Waals surface area (Å²) in [6, 6.07) is 13.4. The van der Waals surface area contributed by atoms with Gasteiger partial charge in [-0.25, -0.2) is 0 Å². The van der Waals surface area contributed by atoms with Crippen molar-refractivity contribution in [3.05, 3.63) is 77.8 Å².